The Hall–Kier alpha value is -1.11. The van der Waals surface area contributed by atoms with Gasteiger partial charge in [0.1, 0.15) is 10.9 Å². The highest BCUT2D eigenvalue weighted by molar-refractivity contribution is 7.99. The molecule has 1 aromatic carbocycles. The van der Waals surface area contributed by atoms with E-state index in [4.69, 9.17) is 32.7 Å². The van der Waals surface area contributed by atoms with Crippen molar-refractivity contribution in [3.05, 3.63) is 30.1 Å². The minimum absolute atomic E-state index is 0.266. The molecule has 0 saturated heterocycles. The monoisotopic (exact) mass is 371 g/mol. The number of hydrogen-bond acceptors (Lipinski definition) is 5. The van der Waals surface area contributed by atoms with Crippen molar-refractivity contribution < 1.29 is 9.47 Å². The van der Waals surface area contributed by atoms with E-state index in [2.05, 4.69) is 10.2 Å². The second-order valence-electron chi connectivity index (χ2n) is 5.74. The van der Waals surface area contributed by atoms with Gasteiger partial charge in [-0.15, -0.1) is 33.4 Å². The van der Waals surface area contributed by atoms with Crippen LogP contribution < -0.4 is 9.47 Å². The van der Waals surface area contributed by atoms with Crippen molar-refractivity contribution >= 4 is 35.0 Å². The van der Waals surface area contributed by atoms with Crippen molar-refractivity contribution in [1.29, 1.82) is 0 Å². The number of para-hydroxylation sites is 2. The third kappa shape index (κ3) is 2.99. The van der Waals surface area contributed by atoms with E-state index in [0.717, 1.165) is 34.7 Å². The highest BCUT2D eigenvalue weighted by Crippen LogP contribution is 2.54. The van der Waals surface area contributed by atoms with Gasteiger partial charge in [-0.25, -0.2) is 0 Å². The van der Waals surface area contributed by atoms with Crippen LogP contribution in [-0.4, -0.2) is 31.5 Å². The molecular formula is C15H15Cl2N3O2S. The maximum atomic E-state index is 6.06. The molecule has 8 heteroatoms. The van der Waals surface area contributed by atoms with Gasteiger partial charge in [-0.05, 0) is 18.6 Å². The fourth-order valence-electron chi connectivity index (χ4n) is 2.50. The number of thioether (sulfide) groups is 1. The molecule has 0 amide bonds. The maximum absolute atomic E-state index is 6.06. The molecule has 23 heavy (non-hydrogen) atoms. The number of halogens is 2. The minimum Gasteiger partial charge on any atom is -0.485 e. The summed E-state index contributed by atoms with van der Waals surface area (Å²) in [7, 11) is 1.93. The van der Waals surface area contributed by atoms with Gasteiger partial charge in [0, 0.05) is 18.7 Å². The zero-order chi connectivity index (χ0) is 16.0. The zero-order valence-corrected chi connectivity index (χ0v) is 14.7. The summed E-state index contributed by atoms with van der Waals surface area (Å²) in [6.07, 6.45) is 0.572. The molecule has 1 aromatic heterocycles. The first kappa shape index (κ1) is 15.4. The van der Waals surface area contributed by atoms with Crippen LogP contribution in [-0.2, 0) is 7.05 Å². The average Bonchev–Trinajstić information content (AvgIpc) is 2.99. The summed E-state index contributed by atoms with van der Waals surface area (Å²) in [6.45, 7) is 0.419. The number of nitrogens with zero attached hydrogens (tertiary/aromatic N) is 3. The smallest absolute Gasteiger partial charge is 0.192 e. The predicted molar refractivity (Wildman–Crippen MR) is 89.6 cm³/mol. The molecule has 2 aromatic rings. The Bertz CT molecular complexity index is 737. The lowest BCUT2D eigenvalue weighted by Gasteiger charge is -2.25. The number of aromatic nitrogens is 3. The quantitative estimate of drug-likeness (QED) is 0.606. The predicted octanol–water partition coefficient (Wildman–Crippen LogP) is 3.61. The molecule has 1 aliphatic heterocycles. The molecule has 2 heterocycles. The first-order chi connectivity index (χ1) is 11.0. The number of rotatable bonds is 4. The molecular weight excluding hydrogens is 357 g/mol. The Morgan fingerprint density at radius 3 is 2.78 bits per heavy atom. The summed E-state index contributed by atoms with van der Waals surface area (Å²) >= 11 is 13.7. The van der Waals surface area contributed by atoms with Crippen LogP contribution in [0.2, 0.25) is 0 Å². The summed E-state index contributed by atoms with van der Waals surface area (Å²) in [5.74, 6) is 3.39. The molecule has 2 aliphatic rings. The molecule has 0 radical (unpaired) electrons. The normalized spacial score (nSPS) is 24.5. The first-order valence-corrected chi connectivity index (χ1v) is 9.07. The highest BCUT2D eigenvalue weighted by Gasteiger charge is 2.51. The molecule has 2 unspecified atom stereocenters. The zero-order valence-electron chi connectivity index (χ0n) is 12.4. The highest BCUT2D eigenvalue weighted by atomic mass is 35.5. The van der Waals surface area contributed by atoms with Crippen molar-refractivity contribution in [2.24, 2.45) is 13.0 Å². The average molecular weight is 372 g/mol. The van der Waals surface area contributed by atoms with E-state index in [9.17, 15) is 0 Å². The number of fused-ring (bicyclic) bond motifs is 1. The van der Waals surface area contributed by atoms with Gasteiger partial charge < -0.3 is 14.0 Å². The van der Waals surface area contributed by atoms with Gasteiger partial charge in [0.25, 0.3) is 0 Å². The fourth-order valence-corrected chi connectivity index (χ4v) is 4.35. The van der Waals surface area contributed by atoms with E-state index in [1.54, 1.807) is 11.8 Å². The Morgan fingerprint density at radius 2 is 2.04 bits per heavy atom. The molecule has 1 fully saturated rings. The summed E-state index contributed by atoms with van der Waals surface area (Å²) < 4.78 is 13.1. The van der Waals surface area contributed by atoms with Crippen LogP contribution in [0, 0.1) is 5.92 Å². The van der Waals surface area contributed by atoms with Crippen LogP contribution in [0.25, 0.3) is 0 Å². The Morgan fingerprint density at radius 1 is 1.30 bits per heavy atom. The van der Waals surface area contributed by atoms with Crippen molar-refractivity contribution in [3.8, 4) is 11.5 Å². The number of ether oxygens (including phenoxy) is 2. The van der Waals surface area contributed by atoms with E-state index in [1.807, 2.05) is 35.9 Å². The molecule has 122 valence electrons. The van der Waals surface area contributed by atoms with Crippen LogP contribution in [0.4, 0.5) is 0 Å². The van der Waals surface area contributed by atoms with E-state index in [0.29, 0.717) is 12.5 Å². The molecule has 0 N–H and O–H groups in total. The molecule has 1 saturated carbocycles. The Labute approximate surface area is 148 Å². The fraction of sp³-hybridized carbons (Fsp3) is 0.467. The summed E-state index contributed by atoms with van der Waals surface area (Å²) in [5, 5.41) is 9.35. The maximum Gasteiger partial charge on any atom is 0.192 e. The van der Waals surface area contributed by atoms with E-state index in [1.165, 1.54) is 0 Å². The Balaban J connectivity index is 1.46. The third-order valence-corrected chi connectivity index (χ3v) is 6.14. The van der Waals surface area contributed by atoms with Gasteiger partial charge >= 0.3 is 0 Å². The number of benzene rings is 1. The van der Waals surface area contributed by atoms with Crippen LogP contribution in [0.15, 0.2) is 29.4 Å². The molecule has 4 rings (SSSR count). The van der Waals surface area contributed by atoms with E-state index < -0.39 is 4.33 Å². The van der Waals surface area contributed by atoms with Crippen LogP contribution in [0.5, 0.6) is 11.5 Å². The number of hydrogen-bond donors (Lipinski definition) is 0. The summed E-state index contributed by atoms with van der Waals surface area (Å²) in [6, 6.07) is 7.62. The standard InChI is InChI=1S/C15H15Cl2N3O2S/c1-20-13(12-7-21-10-4-2-3-5-11(10)22-12)18-19-14(20)23-8-9-6-15(9,16)17/h2-5,9,12H,6-8H2,1H3. The molecule has 2 atom stereocenters. The van der Waals surface area contributed by atoms with Gasteiger partial charge in [-0.3, -0.25) is 0 Å². The largest absolute Gasteiger partial charge is 0.485 e. The lowest BCUT2D eigenvalue weighted by atomic mass is 10.2. The summed E-state index contributed by atoms with van der Waals surface area (Å²) in [5.41, 5.74) is 0. The first-order valence-electron chi connectivity index (χ1n) is 7.33. The van der Waals surface area contributed by atoms with Gasteiger partial charge in [-0.1, -0.05) is 23.9 Å². The molecule has 0 spiro atoms. The van der Waals surface area contributed by atoms with Gasteiger partial charge in [0.05, 0.1) is 0 Å². The summed E-state index contributed by atoms with van der Waals surface area (Å²) in [4.78, 5) is 0. The second kappa shape index (κ2) is 5.76. The van der Waals surface area contributed by atoms with Crippen LogP contribution >= 0.6 is 35.0 Å². The third-order valence-electron chi connectivity index (χ3n) is 4.03. The van der Waals surface area contributed by atoms with E-state index >= 15 is 0 Å². The second-order valence-corrected chi connectivity index (χ2v) is 8.27. The lowest BCUT2D eigenvalue weighted by molar-refractivity contribution is 0.0825. The van der Waals surface area contributed by atoms with Crippen LogP contribution in [0.1, 0.15) is 18.3 Å². The van der Waals surface area contributed by atoms with Gasteiger partial charge in [0.2, 0.25) is 0 Å². The van der Waals surface area contributed by atoms with Crippen molar-refractivity contribution in [2.75, 3.05) is 12.4 Å². The minimum atomic E-state index is -0.557. The van der Waals surface area contributed by atoms with Crippen LogP contribution in [0.3, 0.4) is 0 Å². The lowest BCUT2D eigenvalue weighted by Crippen LogP contribution is -2.24. The van der Waals surface area contributed by atoms with Gasteiger partial charge in [0.15, 0.2) is 28.6 Å². The topological polar surface area (TPSA) is 49.2 Å². The van der Waals surface area contributed by atoms with Crippen molar-refractivity contribution in [1.82, 2.24) is 14.8 Å². The molecule has 5 nitrogen and oxygen atoms in total. The van der Waals surface area contributed by atoms with Gasteiger partial charge in [-0.2, -0.15) is 0 Å². The SMILES string of the molecule is Cn1c(SCC2CC2(Cl)Cl)nnc1C1COc2ccccc2O1. The van der Waals surface area contributed by atoms with Crippen molar-refractivity contribution in [2.45, 2.75) is 22.0 Å². The molecule has 1 aliphatic carbocycles. The number of alkyl halides is 2. The van der Waals surface area contributed by atoms with E-state index in [-0.39, 0.29) is 6.10 Å². The molecule has 0 bridgehead atoms. The Kier molecular flexibility index (Phi) is 3.86. The van der Waals surface area contributed by atoms with Crippen molar-refractivity contribution in [3.63, 3.8) is 0 Å².